The topological polar surface area (TPSA) is 91.7 Å². The van der Waals surface area contributed by atoms with Crippen molar-refractivity contribution in [1.29, 1.82) is 5.26 Å². The first-order valence-corrected chi connectivity index (χ1v) is 8.40. The monoisotopic (exact) mass is 340 g/mol. The first-order valence-electron chi connectivity index (χ1n) is 8.40. The molecule has 0 unspecified atom stereocenters. The zero-order valence-corrected chi connectivity index (χ0v) is 15.1. The number of nitriles is 1. The van der Waals surface area contributed by atoms with E-state index in [1.165, 1.54) is 5.56 Å². The van der Waals surface area contributed by atoms with Crippen molar-refractivity contribution < 1.29 is 0 Å². The van der Waals surface area contributed by atoms with Crippen molar-refractivity contribution in [3.8, 4) is 6.07 Å². The second-order valence-electron chi connectivity index (χ2n) is 5.59. The number of para-hydroxylation sites is 1. The Morgan fingerprint density at radius 1 is 1.36 bits per heavy atom. The summed E-state index contributed by atoms with van der Waals surface area (Å²) in [6, 6.07) is 7.54. The standard InChI is InChI=1S/C16H22N6.C3H6/c1-22-12-13(11-21-22)6-9-19-7-3-8-20-15-5-2-4-14(10-17)16(15)18;1-3-2/h2,4-5,11-12,19-20H,3,6-9,18H2,1H3;3H,1H2,2H3. The fraction of sp³-hybridized carbons (Fsp3) is 0.368. The van der Waals surface area contributed by atoms with Crippen LogP contribution in [0.3, 0.4) is 0 Å². The van der Waals surface area contributed by atoms with Crippen LogP contribution < -0.4 is 16.4 Å². The number of benzene rings is 1. The van der Waals surface area contributed by atoms with Crippen LogP contribution in [0, 0.1) is 11.3 Å². The Balaban J connectivity index is 0.000000970. The van der Waals surface area contributed by atoms with E-state index in [2.05, 4.69) is 28.4 Å². The van der Waals surface area contributed by atoms with Gasteiger partial charge in [0, 0.05) is 19.8 Å². The molecule has 0 amide bonds. The number of aryl methyl sites for hydroxylation is 1. The lowest BCUT2D eigenvalue weighted by Gasteiger charge is -2.10. The smallest absolute Gasteiger partial charge is 0.101 e. The number of hydrogen-bond donors (Lipinski definition) is 3. The summed E-state index contributed by atoms with van der Waals surface area (Å²) < 4.78 is 1.82. The van der Waals surface area contributed by atoms with E-state index in [1.54, 1.807) is 12.1 Å². The normalized spacial score (nSPS) is 9.64. The number of nitrogen functional groups attached to an aromatic ring is 1. The van der Waals surface area contributed by atoms with E-state index in [0.29, 0.717) is 11.3 Å². The maximum atomic E-state index is 8.93. The van der Waals surface area contributed by atoms with Gasteiger partial charge in [0.05, 0.1) is 23.1 Å². The van der Waals surface area contributed by atoms with E-state index in [1.807, 2.05) is 43.2 Å². The minimum absolute atomic E-state index is 0.514. The van der Waals surface area contributed by atoms with E-state index in [4.69, 9.17) is 11.0 Å². The minimum Gasteiger partial charge on any atom is -0.396 e. The van der Waals surface area contributed by atoms with Crippen molar-refractivity contribution in [3.05, 3.63) is 54.4 Å². The van der Waals surface area contributed by atoms with Crippen LogP contribution in [-0.4, -0.2) is 29.4 Å². The number of nitrogens with two attached hydrogens (primary N) is 1. The number of anilines is 2. The zero-order valence-electron chi connectivity index (χ0n) is 15.1. The van der Waals surface area contributed by atoms with Gasteiger partial charge in [-0.1, -0.05) is 12.1 Å². The van der Waals surface area contributed by atoms with Crippen molar-refractivity contribution in [2.24, 2.45) is 7.05 Å². The maximum absolute atomic E-state index is 8.93. The van der Waals surface area contributed by atoms with Crippen LogP contribution in [-0.2, 0) is 13.5 Å². The number of nitrogens with one attached hydrogen (secondary N) is 2. The Kier molecular flexibility index (Phi) is 9.49. The molecule has 4 N–H and O–H groups in total. The largest absolute Gasteiger partial charge is 0.396 e. The maximum Gasteiger partial charge on any atom is 0.101 e. The van der Waals surface area contributed by atoms with Gasteiger partial charge in [-0.25, -0.2) is 0 Å². The summed E-state index contributed by atoms with van der Waals surface area (Å²) in [4.78, 5) is 0. The molecule has 0 spiro atoms. The summed E-state index contributed by atoms with van der Waals surface area (Å²) in [6.07, 6.45) is 7.66. The zero-order chi connectivity index (χ0) is 18.5. The second-order valence-corrected chi connectivity index (χ2v) is 5.59. The van der Waals surface area contributed by atoms with Crippen molar-refractivity contribution in [2.45, 2.75) is 19.8 Å². The van der Waals surface area contributed by atoms with E-state index in [0.717, 1.165) is 38.2 Å². The highest BCUT2D eigenvalue weighted by molar-refractivity contribution is 5.72. The summed E-state index contributed by atoms with van der Waals surface area (Å²) in [5.41, 5.74) is 9.02. The fourth-order valence-electron chi connectivity index (χ4n) is 2.21. The lowest BCUT2D eigenvalue weighted by Crippen LogP contribution is -2.20. The Bertz CT molecular complexity index is 683. The van der Waals surface area contributed by atoms with Gasteiger partial charge in [0.15, 0.2) is 0 Å². The Morgan fingerprint density at radius 2 is 2.12 bits per heavy atom. The lowest BCUT2D eigenvalue weighted by molar-refractivity contribution is 0.660. The predicted octanol–water partition coefficient (Wildman–Crippen LogP) is 2.70. The lowest BCUT2D eigenvalue weighted by atomic mass is 10.1. The summed E-state index contributed by atoms with van der Waals surface area (Å²) >= 11 is 0. The van der Waals surface area contributed by atoms with Crippen LogP contribution in [0.2, 0.25) is 0 Å². The molecule has 0 radical (unpaired) electrons. The molecular weight excluding hydrogens is 312 g/mol. The molecule has 6 nitrogen and oxygen atoms in total. The van der Waals surface area contributed by atoms with Gasteiger partial charge in [-0.2, -0.15) is 10.4 Å². The molecule has 0 fully saturated rings. The van der Waals surface area contributed by atoms with Crippen LogP contribution in [0.4, 0.5) is 11.4 Å². The van der Waals surface area contributed by atoms with Crippen molar-refractivity contribution in [2.75, 3.05) is 30.7 Å². The van der Waals surface area contributed by atoms with Crippen LogP contribution in [0.1, 0.15) is 24.5 Å². The van der Waals surface area contributed by atoms with Gasteiger partial charge in [0.2, 0.25) is 0 Å². The number of rotatable bonds is 8. The summed E-state index contributed by atoms with van der Waals surface area (Å²) in [6.45, 7) is 7.95. The molecule has 0 aliphatic carbocycles. The molecule has 1 heterocycles. The van der Waals surface area contributed by atoms with Crippen molar-refractivity contribution in [1.82, 2.24) is 15.1 Å². The number of nitrogens with zero attached hydrogens (tertiary/aromatic N) is 3. The molecule has 2 rings (SSSR count). The first kappa shape index (κ1) is 20.3. The molecule has 1 aromatic heterocycles. The number of allylic oxidation sites excluding steroid dienone is 1. The fourth-order valence-corrected chi connectivity index (χ4v) is 2.21. The van der Waals surface area contributed by atoms with Gasteiger partial charge in [0.1, 0.15) is 6.07 Å². The quantitative estimate of drug-likeness (QED) is 0.390. The number of hydrogen-bond acceptors (Lipinski definition) is 5. The average Bonchev–Trinajstić information content (AvgIpc) is 3.01. The molecule has 0 saturated heterocycles. The van der Waals surface area contributed by atoms with Crippen molar-refractivity contribution in [3.63, 3.8) is 0 Å². The minimum atomic E-state index is 0.514. The summed E-state index contributed by atoms with van der Waals surface area (Å²) in [5, 5.41) is 19.8. The van der Waals surface area contributed by atoms with Crippen LogP contribution in [0.25, 0.3) is 0 Å². The molecule has 2 aromatic rings. The van der Waals surface area contributed by atoms with Crippen LogP contribution in [0.5, 0.6) is 0 Å². The van der Waals surface area contributed by atoms with E-state index >= 15 is 0 Å². The Labute approximate surface area is 150 Å². The number of aromatic nitrogens is 2. The molecule has 0 atom stereocenters. The summed E-state index contributed by atoms with van der Waals surface area (Å²) in [5.74, 6) is 0. The predicted molar refractivity (Wildman–Crippen MR) is 104 cm³/mol. The first-order chi connectivity index (χ1) is 12.1. The molecular formula is C19H28N6. The van der Waals surface area contributed by atoms with Crippen molar-refractivity contribution >= 4 is 11.4 Å². The highest BCUT2D eigenvalue weighted by Crippen LogP contribution is 2.21. The Morgan fingerprint density at radius 3 is 2.76 bits per heavy atom. The third-order valence-corrected chi connectivity index (χ3v) is 3.42. The average molecular weight is 340 g/mol. The molecule has 0 saturated carbocycles. The van der Waals surface area contributed by atoms with Gasteiger partial charge in [-0.05, 0) is 50.6 Å². The molecule has 0 aliphatic heterocycles. The van der Waals surface area contributed by atoms with Gasteiger partial charge in [0.25, 0.3) is 0 Å². The Hall–Kier alpha value is -2.78. The van der Waals surface area contributed by atoms with E-state index < -0.39 is 0 Å². The van der Waals surface area contributed by atoms with Gasteiger partial charge < -0.3 is 16.4 Å². The van der Waals surface area contributed by atoms with Gasteiger partial charge in [-0.3, -0.25) is 4.68 Å². The highest BCUT2D eigenvalue weighted by atomic mass is 15.2. The third-order valence-electron chi connectivity index (χ3n) is 3.42. The summed E-state index contributed by atoms with van der Waals surface area (Å²) in [7, 11) is 1.93. The molecule has 1 aromatic carbocycles. The third kappa shape index (κ3) is 7.55. The molecule has 0 aliphatic rings. The van der Waals surface area contributed by atoms with E-state index in [-0.39, 0.29) is 0 Å². The SMILES string of the molecule is C=CC.Cn1cc(CCNCCCNc2cccc(C#N)c2N)cn1. The molecule has 6 heteroatoms. The molecule has 25 heavy (non-hydrogen) atoms. The molecule has 134 valence electrons. The highest BCUT2D eigenvalue weighted by Gasteiger charge is 2.03. The van der Waals surface area contributed by atoms with Gasteiger partial charge in [-0.15, -0.1) is 6.58 Å². The van der Waals surface area contributed by atoms with E-state index in [9.17, 15) is 0 Å². The van der Waals surface area contributed by atoms with Crippen LogP contribution >= 0.6 is 0 Å². The molecule has 0 bridgehead atoms. The second kappa shape index (κ2) is 11.7. The van der Waals surface area contributed by atoms with Gasteiger partial charge >= 0.3 is 0 Å². The van der Waals surface area contributed by atoms with Crippen LogP contribution in [0.15, 0.2) is 43.2 Å².